The third-order valence-corrected chi connectivity index (χ3v) is 4.67. The fraction of sp³-hybridized carbons (Fsp3) is 0.600. The molecule has 1 aromatic heterocycles. The highest BCUT2D eigenvalue weighted by atomic mass is 32.2. The van der Waals surface area contributed by atoms with Crippen LogP contribution in [0, 0.1) is 5.92 Å². The van der Waals surface area contributed by atoms with E-state index in [1.54, 1.807) is 20.8 Å². The summed E-state index contributed by atoms with van der Waals surface area (Å²) < 4.78 is 38.3. The standard InChI is InChI=1S/C15H21NO7S/c1-15(2,3)23-14(18)16-7-9(8-16)12(24(19)20)10-5-6-11(22-10)13(17)21-4/h5-6,9,12,24H,7-8H2,1-4H3. The van der Waals surface area contributed by atoms with Crippen molar-refractivity contribution in [2.24, 2.45) is 5.92 Å². The van der Waals surface area contributed by atoms with Crippen LogP contribution < -0.4 is 0 Å². The Hall–Kier alpha value is -2.03. The van der Waals surface area contributed by atoms with Gasteiger partial charge in [0.2, 0.25) is 5.76 Å². The van der Waals surface area contributed by atoms with Crippen LogP contribution in [0.2, 0.25) is 0 Å². The number of esters is 1. The van der Waals surface area contributed by atoms with E-state index in [9.17, 15) is 18.0 Å². The highest BCUT2D eigenvalue weighted by molar-refractivity contribution is 7.72. The Morgan fingerprint density at radius 1 is 1.29 bits per heavy atom. The summed E-state index contributed by atoms with van der Waals surface area (Å²) in [4.78, 5) is 24.8. The number of likely N-dealkylation sites (tertiary alicyclic amines) is 1. The summed E-state index contributed by atoms with van der Waals surface area (Å²) in [6.45, 7) is 5.78. The van der Waals surface area contributed by atoms with Gasteiger partial charge >= 0.3 is 12.1 Å². The lowest BCUT2D eigenvalue weighted by molar-refractivity contribution is -0.00229. The van der Waals surface area contributed by atoms with Crippen molar-refractivity contribution in [2.75, 3.05) is 20.2 Å². The maximum absolute atomic E-state index is 11.9. The minimum Gasteiger partial charge on any atom is -0.463 e. The first-order valence-electron chi connectivity index (χ1n) is 7.42. The van der Waals surface area contributed by atoms with E-state index < -0.39 is 33.6 Å². The van der Waals surface area contributed by atoms with Gasteiger partial charge in [-0.1, -0.05) is 0 Å². The third kappa shape index (κ3) is 4.08. The Labute approximate surface area is 141 Å². The average molecular weight is 359 g/mol. The Morgan fingerprint density at radius 3 is 2.42 bits per heavy atom. The molecule has 9 heteroatoms. The first-order chi connectivity index (χ1) is 11.1. The zero-order chi connectivity index (χ0) is 18.1. The van der Waals surface area contributed by atoms with Crippen molar-refractivity contribution in [3.8, 4) is 0 Å². The molecule has 1 aromatic rings. The van der Waals surface area contributed by atoms with Gasteiger partial charge < -0.3 is 18.8 Å². The average Bonchev–Trinajstić information content (AvgIpc) is 2.87. The van der Waals surface area contributed by atoms with E-state index in [1.807, 2.05) is 0 Å². The van der Waals surface area contributed by atoms with E-state index in [2.05, 4.69) is 4.74 Å². The number of hydrogen-bond acceptors (Lipinski definition) is 7. The van der Waals surface area contributed by atoms with Gasteiger partial charge in [-0.3, -0.25) is 0 Å². The monoisotopic (exact) mass is 359 g/mol. The topological polar surface area (TPSA) is 103 Å². The largest absolute Gasteiger partial charge is 0.463 e. The van der Waals surface area contributed by atoms with Crippen molar-refractivity contribution in [2.45, 2.75) is 31.6 Å². The maximum Gasteiger partial charge on any atom is 0.410 e. The number of carbonyl (C=O) groups is 2. The molecule has 1 aliphatic rings. The Kier molecular flexibility index (Phi) is 5.22. The Morgan fingerprint density at radius 2 is 1.92 bits per heavy atom. The SMILES string of the molecule is COC(=O)c1ccc(C(C2CN(C(=O)OC(C)(C)C)C2)[SH](=O)=O)o1. The van der Waals surface area contributed by atoms with E-state index in [0.717, 1.165) is 0 Å². The van der Waals surface area contributed by atoms with Gasteiger partial charge in [0, 0.05) is 19.0 Å². The fourth-order valence-electron chi connectivity index (χ4n) is 2.42. The molecule has 0 saturated carbocycles. The maximum atomic E-state index is 11.9. The summed E-state index contributed by atoms with van der Waals surface area (Å²) in [6.07, 6.45) is -0.478. The van der Waals surface area contributed by atoms with E-state index in [1.165, 1.54) is 24.1 Å². The molecule has 1 atom stereocenters. The lowest BCUT2D eigenvalue weighted by atomic mass is 9.95. The number of methoxy groups -OCH3 is 1. The highest BCUT2D eigenvalue weighted by Gasteiger charge is 2.41. The Bertz CT molecular complexity index is 687. The van der Waals surface area contributed by atoms with E-state index in [0.29, 0.717) is 0 Å². The van der Waals surface area contributed by atoms with Crippen molar-refractivity contribution in [3.05, 3.63) is 23.7 Å². The van der Waals surface area contributed by atoms with E-state index >= 15 is 0 Å². The molecule has 1 aliphatic heterocycles. The van der Waals surface area contributed by atoms with Crippen LogP contribution in [0.25, 0.3) is 0 Å². The smallest absolute Gasteiger partial charge is 0.410 e. The molecular weight excluding hydrogens is 338 g/mol. The second-order valence-corrected chi connectivity index (χ2v) is 7.70. The molecule has 1 saturated heterocycles. The van der Waals surface area contributed by atoms with Gasteiger partial charge in [0.05, 0.1) is 7.11 Å². The first kappa shape index (κ1) is 18.3. The van der Waals surface area contributed by atoms with Gasteiger partial charge in [0.25, 0.3) is 0 Å². The van der Waals surface area contributed by atoms with Crippen molar-refractivity contribution in [1.29, 1.82) is 0 Å². The van der Waals surface area contributed by atoms with Crippen LogP contribution in [0.1, 0.15) is 42.3 Å². The molecule has 0 radical (unpaired) electrons. The van der Waals surface area contributed by atoms with Crippen LogP contribution in [0.5, 0.6) is 0 Å². The van der Waals surface area contributed by atoms with Crippen molar-refractivity contribution < 1.29 is 31.9 Å². The number of nitrogens with zero attached hydrogens (tertiary/aromatic N) is 1. The summed E-state index contributed by atoms with van der Waals surface area (Å²) in [5, 5.41) is -0.905. The molecule has 0 spiro atoms. The number of rotatable bonds is 4. The van der Waals surface area contributed by atoms with Crippen LogP contribution in [0.3, 0.4) is 0 Å². The van der Waals surface area contributed by atoms with Gasteiger partial charge in [-0.25, -0.2) is 18.0 Å². The van der Waals surface area contributed by atoms with E-state index in [4.69, 9.17) is 9.15 Å². The zero-order valence-electron chi connectivity index (χ0n) is 14.0. The van der Waals surface area contributed by atoms with Crippen LogP contribution >= 0.6 is 0 Å². The van der Waals surface area contributed by atoms with E-state index in [-0.39, 0.29) is 30.5 Å². The van der Waals surface area contributed by atoms with Gasteiger partial charge in [-0.2, -0.15) is 0 Å². The first-order valence-corrected chi connectivity index (χ1v) is 8.66. The lowest BCUT2D eigenvalue weighted by Gasteiger charge is -2.41. The molecule has 24 heavy (non-hydrogen) atoms. The van der Waals surface area contributed by atoms with Gasteiger partial charge in [-0.15, -0.1) is 0 Å². The second kappa shape index (κ2) is 6.84. The van der Waals surface area contributed by atoms with Gasteiger partial charge in [-0.05, 0) is 32.9 Å². The van der Waals surface area contributed by atoms with Gasteiger partial charge in [0.1, 0.15) is 16.6 Å². The molecule has 0 aromatic carbocycles. The quantitative estimate of drug-likeness (QED) is 0.643. The minimum absolute atomic E-state index is 0.0577. The molecule has 0 bridgehead atoms. The predicted octanol–water partition coefficient (Wildman–Crippen LogP) is 1.59. The van der Waals surface area contributed by atoms with Crippen LogP contribution in [-0.4, -0.2) is 51.2 Å². The molecule has 0 aliphatic carbocycles. The third-order valence-electron chi connectivity index (χ3n) is 3.54. The Balaban J connectivity index is 2.05. The molecule has 2 heterocycles. The van der Waals surface area contributed by atoms with Crippen LogP contribution in [0.4, 0.5) is 4.79 Å². The minimum atomic E-state index is -2.83. The van der Waals surface area contributed by atoms with Crippen molar-refractivity contribution in [1.82, 2.24) is 4.90 Å². The zero-order valence-corrected chi connectivity index (χ0v) is 14.9. The molecule has 1 unspecified atom stereocenters. The summed E-state index contributed by atoms with van der Waals surface area (Å²) in [6, 6.07) is 2.81. The molecule has 2 rings (SSSR count). The van der Waals surface area contributed by atoms with Crippen molar-refractivity contribution in [3.63, 3.8) is 0 Å². The predicted molar refractivity (Wildman–Crippen MR) is 84.4 cm³/mol. The number of furan rings is 1. The summed E-state index contributed by atoms with van der Waals surface area (Å²) in [7, 11) is -1.63. The summed E-state index contributed by atoms with van der Waals surface area (Å²) in [5.41, 5.74) is -0.609. The molecule has 1 fully saturated rings. The molecular formula is C15H21NO7S. The summed E-state index contributed by atoms with van der Waals surface area (Å²) >= 11 is 0. The molecule has 8 nitrogen and oxygen atoms in total. The number of carbonyl (C=O) groups excluding carboxylic acids is 2. The molecule has 1 amide bonds. The number of thiol groups is 1. The number of amides is 1. The fourth-order valence-corrected chi connectivity index (χ4v) is 3.30. The van der Waals surface area contributed by atoms with Crippen LogP contribution in [-0.2, 0) is 20.2 Å². The van der Waals surface area contributed by atoms with Gasteiger partial charge in [0.15, 0.2) is 10.7 Å². The normalized spacial score (nSPS) is 16.6. The second-order valence-electron chi connectivity index (χ2n) is 6.57. The molecule has 0 N–H and O–H groups in total. The lowest BCUT2D eigenvalue weighted by Crippen LogP contribution is -2.53. The molecule has 134 valence electrons. The van der Waals surface area contributed by atoms with Crippen LogP contribution in [0.15, 0.2) is 16.5 Å². The number of ether oxygens (including phenoxy) is 2. The number of hydrogen-bond donors (Lipinski definition) is 1. The summed E-state index contributed by atoms with van der Waals surface area (Å²) in [5.74, 6) is -0.876. The van der Waals surface area contributed by atoms with Crippen molar-refractivity contribution >= 4 is 22.8 Å². The highest BCUT2D eigenvalue weighted by Crippen LogP contribution is 2.34.